The number of hydrogen-bond donors (Lipinski definition) is 6. The zero-order valence-corrected chi connectivity index (χ0v) is 17.4. The second kappa shape index (κ2) is 8.29. The molecule has 2 fully saturated rings. The molecule has 12 nitrogen and oxygen atoms in total. The van der Waals surface area contributed by atoms with Crippen molar-refractivity contribution in [2.24, 2.45) is 5.92 Å². The van der Waals surface area contributed by atoms with E-state index >= 15 is 0 Å². The van der Waals surface area contributed by atoms with Gasteiger partial charge < -0.3 is 35.2 Å². The quantitative estimate of drug-likeness (QED) is 0.226. The largest absolute Gasteiger partial charge is 0.392 e. The fourth-order valence-electron chi connectivity index (χ4n) is 3.53. The second-order valence-corrected chi connectivity index (χ2v) is 9.81. The van der Waals surface area contributed by atoms with Crippen LogP contribution in [0, 0.1) is 5.92 Å². The highest BCUT2D eigenvalue weighted by molar-refractivity contribution is 7.51. The van der Waals surface area contributed by atoms with E-state index in [9.17, 15) is 19.9 Å². The molecule has 3 heterocycles. The maximum atomic E-state index is 11.1. The van der Waals surface area contributed by atoms with E-state index in [2.05, 4.69) is 20.4 Å². The van der Waals surface area contributed by atoms with Crippen LogP contribution in [0.1, 0.15) is 25.5 Å². The summed E-state index contributed by atoms with van der Waals surface area (Å²) in [6, 6.07) is 0. The third-order valence-corrected chi connectivity index (χ3v) is 6.28. The van der Waals surface area contributed by atoms with Gasteiger partial charge in [-0.3, -0.25) is 4.57 Å². The molecule has 0 bridgehead atoms. The Hall–Kier alpha value is -1.37. The van der Waals surface area contributed by atoms with Crippen LogP contribution in [0.25, 0.3) is 11.0 Å². The van der Waals surface area contributed by atoms with Gasteiger partial charge in [-0.25, -0.2) is 4.68 Å². The molecule has 1 aliphatic heterocycles. The number of aliphatic hydroxyl groups excluding tert-OH is 3. The lowest BCUT2D eigenvalue weighted by Gasteiger charge is -2.18. The summed E-state index contributed by atoms with van der Waals surface area (Å²) in [4.78, 5) is 26.3. The molecular formula is C16H23ClN5O7P. The Labute approximate surface area is 176 Å². The van der Waals surface area contributed by atoms with Crippen LogP contribution in [0.15, 0.2) is 6.20 Å². The zero-order valence-electron chi connectivity index (χ0n) is 15.7. The maximum Gasteiger partial charge on any atom is 0.328 e. The van der Waals surface area contributed by atoms with Crippen molar-refractivity contribution in [1.29, 1.82) is 0 Å². The summed E-state index contributed by atoms with van der Waals surface area (Å²) in [5.74, 6) is 1.10. The van der Waals surface area contributed by atoms with E-state index in [1.807, 2.05) is 0 Å². The molecule has 166 valence electrons. The maximum absolute atomic E-state index is 11.1. The van der Waals surface area contributed by atoms with Crippen molar-refractivity contribution >= 4 is 36.0 Å². The molecule has 0 aromatic carbocycles. The van der Waals surface area contributed by atoms with Crippen molar-refractivity contribution in [3.05, 3.63) is 11.5 Å². The van der Waals surface area contributed by atoms with E-state index in [1.165, 1.54) is 10.9 Å². The predicted molar refractivity (Wildman–Crippen MR) is 105 cm³/mol. The lowest BCUT2D eigenvalue weighted by atomic mass is 10.1. The first-order chi connectivity index (χ1) is 14.1. The summed E-state index contributed by atoms with van der Waals surface area (Å²) in [6.45, 7) is 0.744. The van der Waals surface area contributed by atoms with E-state index in [0.29, 0.717) is 22.8 Å². The lowest BCUT2D eigenvalue weighted by molar-refractivity contribution is -0.0529. The van der Waals surface area contributed by atoms with Crippen molar-refractivity contribution in [1.82, 2.24) is 19.7 Å². The van der Waals surface area contributed by atoms with Crippen molar-refractivity contribution in [2.75, 3.05) is 18.0 Å². The van der Waals surface area contributed by atoms with E-state index in [0.717, 1.165) is 19.4 Å². The molecule has 6 N–H and O–H groups in total. The second-order valence-electron chi connectivity index (χ2n) is 7.78. The first-order valence-electron chi connectivity index (χ1n) is 9.51. The van der Waals surface area contributed by atoms with E-state index < -0.39 is 44.4 Å². The molecule has 1 unspecified atom stereocenters. The number of rotatable bonds is 8. The van der Waals surface area contributed by atoms with Crippen LogP contribution in [0.3, 0.4) is 0 Å². The Morgan fingerprint density at radius 3 is 2.70 bits per heavy atom. The molecule has 4 rings (SSSR count). The van der Waals surface area contributed by atoms with Gasteiger partial charge in [0.2, 0.25) is 5.28 Å². The highest BCUT2D eigenvalue weighted by Crippen LogP contribution is 2.38. The Morgan fingerprint density at radius 2 is 2.03 bits per heavy atom. The van der Waals surface area contributed by atoms with Gasteiger partial charge in [0.1, 0.15) is 18.0 Å². The number of fused-ring (bicyclic) bond motifs is 1. The fourth-order valence-corrected chi connectivity index (χ4v) is 4.39. The Bertz CT molecular complexity index is 967. The van der Waals surface area contributed by atoms with Gasteiger partial charge in [-0.2, -0.15) is 15.1 Å². The average molecular weight is 464 g/mol. The van der Waals surface area contributed by atoms with E-state index in [1.54, 1.807) is 0 Å². The predicted octanol–water partition coefficient (Wildman–Crippen LogP) is -0.151. The van der Waals surface area contributed by atoms with Gasteiger partial charge >= 0.3 is 7.60 Å². The Kier molecular flexibility index (Phi) is 6.03. The molecule has 1 saturated heterocycles. The summed E-state index contributed by atoms with van der Waals surface area (Å²) in [5, 5.41) is 38.6. The molecule has 1 saturated carbocycles. The minimum atomic E-state index is -4.44. The van der Waals surface area contributed by atoms with Crippen LogP contribution in [-0.4, -0.2) is 82.0 Å². The van der Waals surface area contributed by atoms with Crippen molar-refractivity contribution < 1.29 is 34.4 Å². The fraction of sp³-hybridized carbons (Fsp3) is 0.688. The number of anilines is 1. The zero-order chi connectivity index (χ0) is 21.6. The van der Waals surface area contributed by atoms with Crippen LogP contribution in [-0.2, 0) is 9.30 Å². The first kappa shape index (κ1) is 21.8. The molecule has 1 aliphatic carbocycles. The van der Waals surface area contributed by atoms with E-state index in [4.69, 9.17) is 26.1 Å². The third kappa shape index (κ3) is 4.76. The summed E-state index contributed by atoms with van der Waals surface area (Å²) < 4.78 is 18.0. The van der Waals surface area contributed by atoms with Crippen LogP contribution < -0.4 is 5.32 Å². The minimum absolute atomic E-state index is 0.0239. The standard InChI is InChI=1S/C16H23ClN5O7P/c17-16-20-13(18-4-7-1-2-7)9-5-19-22(14(9)21-16)15-12(25)11(24)10(29-15)3-8(23)6-30(26,27)28/h5,7-8,10-12,15,23-25H,1-4,6H2,(H,18,20,21)(H2,26,27,28)/t8?,10-,11-,12-,15-/m1/s1. The normalized spacial score (nSPS) is 28.2. The van der Waals surface area contributed by atoms with Gasteiger partial charge in [0.25, 0.3) is 0 Å². The number of nitrogens with one attached hydrogen (secondary N) is 1. The number of aliphatic hydroxyl groups is 3. The number of halogens is 1. The van der Waals surface area contributed by atoms with Gasteiger partial charge in [0.05, 0.1) is 30.0 Å². The summed E-state index contributed by atoms with van der Waals surface area (Å²) in [6.07, 6.45) is -3.65. The summed E-state index contributed by atoms with van der Waals surface area (Å²) >= 11 is 6.05. The SMILES string of the molecule is O=P(O)(O)CC(O)C[C@H]1O[C@@H](n2ncc3c(NCC4CC4)nc(Cl)nc32)[C@H](O)[C@@H]1O. The average Bonchev–Trinajstić information content (AvgIpc) is 3.32. The Balaban J connectivity index is 1.55. The van der Waals surface area contributed by atoms with Crippen LogP contribution in [0.5, 0.6) is 0 Å². The lowest BCUT2D eigenvalue weighted by Crippen LogP contribution is -2.34. The highest BCUT2D eigenvalue weighted by atomic mass is 35.5. The molecule has 5 atom stereocenters. The molecular weight excluding hydrogens is 441 g/mol. The molecule has 30 heavy (non-hydrogen) atoms. The highest BCUT2D eigenvalue weighted by Gasteiger charge is 2.45. The van der Waals surface area contributed by atoms with Crippen LogP contribution in [0.4, 0.5) is 5.82 Å². The van der Waals surface area contributed by atoms with Crippen molar-refractivity contribution in [2.45, 2.75) is 49.9 Å². The number of aromatic nitrogens is 4. The summed E-state index contributed by atoms with van der Waals surface area (Å²) in [5.41, 5.74) is 0.293. The summed E-state index contributed by atoms with van der Waals surface area (Å²) in [7, 11) is -4.44. The smallest absolute Gasteiger partial charge is 0.328 e. The molecule has 0 radical (unpaired) electrons. The number of nitrogens with zero attached hydrogens (tertiary/aromatic N) is 4. The van der Waals surface area contributed by atoms with Gasteiger partial charge in [0.15, 0.2) is 11.9 Å². The number of ether oxygens (including phenoxy) is 1. The van der Waals surface area contributed by atoms with Gasteiger partial charge in [0, 0.05) is 13.0 Å². The van der Waals surface area contributed by atoms with Crippen molar-refractivity contribution in [3.8, 4) is 0 Å². The molecule has 2 aromatic rings. The van der Waals surface area contributed by atoms with Gasteiger partial charge in [-0.15, -0.1) is 0 Å². The molecule has 14 heteroatoms. The van der Waals surface area contributed by atoms with Crippen molar-refractivity contribution in [3.63, 3.8) is 0 Å². The van der Waals surface area contributed by atoms with E-state index in [-0.39, 0.29) is 11.7 Å². The molecule has 0 amide bonds. The third-order valence-electron chi connectivity index (χ3n) is 5.21. The molecule has 2 aromatic heterocycles. The molecule has 0 spiro atoms. The van der Waals surface area contributed by atoms with Gasteiger partial charge in [-0.1, -0.05) is 0 Å². The topological polar surface area (TPSA) is 183 Å². The monoisotopic (exact) mass is 463 g/mol. The van der Waals surface area contributed by atoms with Gasteiger partial charge in [-0.05, 0) is 30.4 Å². The molecule has 2 aliphatic rings. The van der Waals surface area contributed by atoms with Crippen LogP contribution >= 0.6 is 19.2 Å². The number of hydrogen-bond acceptors (Lipinski definition) is 9. The Morgan fingerprint density at radius 1 is 1.30 bits per heavy atom. The minimum Gasteiger partial charge on any atom is -0.392 e. The van der Waals surface area contributed by atoms with Crippen LogP contribution in [0.2, 0.25) is 5.28 Å². The first-order valence-corrected chi connectivity index (χ1v) is 11.7.